The van der Waals surface area contributed by atoms with Crippen LogP contribution in [0.1, 0.15) is 174 Å². The Morgan fingerprint density at radius 3 is 1.43 bits per heavy atom. The van der Waals surface area contributed by atoms with Gasteiger partial charge in [-0.25, -0.2) is 0 Å². The summed E-state index contributed by atoms with van der Waals surface area (Å²) >= 11 is 0. The van der Waals surface area contributed by atoms with Crippen molar-refractivity contribution >= 4 is 11.9 Å². The van der Waals surface area contributed by atoms with Crippen LogP contribution in [0.5, 0.6) is 0 Å². The highest BCUT2D eigenvalue weighted by Crippen LogP contribution is 2.28. The summed E-state index contributed by atoms with van der Waals surface area (Å²) in [4.78, 5) is 23.6. The molecule has 0 saturated heterocycles. The molecule has 2 unspecified atom stereocenters. The van der Waals surface area contributed by atoms with Gasteiger partial charge in [0.2, 0.25) is 0 Å². The number of carbonyl (C=O) groups is 2. The molecule has 4 nitrogen and oxygen atoms in total. The summed E-state index contributed by atoms with van der Waals surface area (Å²) in [6.45, 7) is 8.29. The number of methoxy groups -OCH3 is 1. The number of ether oxygens (including phenoxy) is 2. The molecule has 2 atom stereocenters. The van der Waals surface area contributed by atoms with E-state index in [1.54, 1.807) is 0 Å². The van der Waals surface area contributed by atoms with Crippen LogP contribution < -0.4 is 0 Å². The molecular weight excluding hydrogens is 496 g/mol. The van der Waals surface area contributed by atoms with Gasteiger partial charge in [-0.05, 0) is 38.2 Å². The summed E-state index contributed by atoms with van der Waals surface area (Å²) < 4.78 is 10.0. The van der Waals surface area contributed by atoms with Crippen LogP contribution in [0.3, 0.4) is 0 Å². The van der Waals surface area contributed by atoms with E-state index >= 15 is 0 Å². The van der Waals surface area contributed by atoms with Gasteiger partial charge in [-0.3, -0.25) is 9.59 Å². The van der Waals surface area contributed by atoms with Crippen LogP contribution in [-0.2, 0) is 19.1 Å². The zero-order chi connectivity index (χ0) is 29.5. The van der Waals surface area contributed by atoms with Crippen molar-refractivity contribution in [3.05, 3.63) is 18.4 Å². The van der Waals surface area contributed by atoms with E-state index in [9.17, 15) is 9.59 Å². The molecule has 234 valence electrons. The Kier molecular flexibility index (Phi) is 29.2. The van der Waals surface area contributed by atoms with Gasteiger partial charge >= 0.3 is 11.9 Å². The molecule has 0 aliphatic rings. The van der Waals surface area contributed by atoms with E-state index in [1.807, 2.05) is 13.0 Å². The van der Waals surface area contributed by atoms with Crippen molar-refractivity contribution in [1.29, 1.82) is 0 Å². The second-order valence-corrected chi connectivity index (χ2v) is 11.7. The van der Waals surface area contributed by atoms with Crippen LogP contribution in [0, 0.1) is 11.8 Å². The van der Waals surface area contributed by atoms with Crippen molar-refractivity contribution in [3.8, 4) is 0 Å². The number of hydrogen-bond donors (Lipinski definition) is 0. The lowest BCUT2D eigenvalue weighted by Gasteiger charge is -2.23. The second kappa shape index (κ2) is 30.4. The van der Waals surface area contributed by atoms with Crippen molar-refractivity contribution in [2.24, 2.45) is 11.8 Å². The summed E-state index contributed by atoms with van der Waals surface area (Å²) in [7, 11) is 1.47. The van der Waals surface area contributed by atoms with Crippen molar-refractivity contribution in [1.82, 2.24) is 0 Å². The topological polar surface area (TPSA) is 52.6 Å². The first-order chi connectivity index (χ1) is 19.6. The highest BCUT2D eigenvalue weighted by atomic mass is 16.5. The Hall–Kier alpha value is -1.54. The first-order valence-corrected chi connectivity index (χ1v) is 17.2. The van der Waals surface area contributed by atoms with Gasteiger partial charge < -0.3 is 9.47 Å². The average molecular weight is 563 g/mol. The second-order valence-electron chi connectivity index (χ2n) is 11.7. The highest BCUT2D eigenvalue weighted by molar-refractivity contribution is 5.74. The molecular formula is C36H66O4. The third-order valence-corrected chi connectivity index (χ3v) is 8.23. The molecule has 0 aromatic heterocycles. The fraction of sp³-hybridized carbons (Fsp3) is 0.861. The van der Waals surface area contributed by atoms with Gasteiger partial charge in [0, 0.05) is 6.42 Å². The number of rotatable bonds is 30. The smallest absolute Gasteiger partial charge is 0.313 e. The van der Waals surface area contributed by atoms with Crippen LogP contribution in [0.4, 0.5) is 0 Å². The Balaban J connectivity index is 3.74. The van der Waals surface area contributed by atoms with E-state index < -0.39 is 0 Å². The van der Waals surface area contributed by atoms with Crippen molar-refractivity contribution < 1.29 is 19.1 Å². The van der Waals surface area contributed by atoms with E-state index in [2.05, 4.69) is 24.0 Å². The molecule has 0 aliphatic carbocycles. The maximum Gasteiger partial charge on any atom is 0.313 e. The molecule has 0 rings (SSSR count). The average Bonchev–Trinajstić information content (AvgIpc) is 2.96. The van der Waals surface area contributed by atoms with E-state index in [4.69, 9.17) is 4.74 Å². The van der Waals surface area contributed by atoms with Crippen LogP contribution >= 0.6 is 0 Å². The van der Waals surface area contributed by atoms with Gasteiger partial charge in [-0.15, -0.1) is 5.73 Å². The Morgan fingerprint density at radius 1 is 0.650 bits per heavy atom. The van der Waals surface area contributed by atoms with E-state index in [1.165, 1.54) is 136 Å². The lowest BCUT2D eigenvalue weighted by Crippen LogP contribution is -2.24. The molecule has 0 spiro atoms. The van der Waals surface area contributed by atoms with Gasteiger partial charge in [-0.1, -0.05) is 148 Å². The quantitative estimate of drug-likeness (QED) is 0.0496. The monoisotopic (exact) mass is 562 g/mol. The van der Waals surface area contributed by atoms with Crippen LogP contribution in [0.25, 0.3) is 0 Å². The summed E-state index contributed by atoms with van der Waals surface area (Å²) in [5.74, 6) is -0.00287. The van der Waals surface area contributed by atoms with Gasteiger partial charge in [0.1, 0.15) is 0 Å². The lowest BCUT2D eigenvalue weighted by molar-refractivity contribution is -0.148. The minimum Gasteiger partial charge on any atom is -0.469 e. The molecule has 4 heteroatoms. The molecule has 0 N–H and O–H groups in total. The standard InChI is InChI=1S/C36H66O4/c1-5-8-9-26-30-33(34(29-6-2)36(38)40-7-3)31-27-24-22-20-18-16-14-12-10-11-13-15-17-19-21-23-25-28-32-35(37)39-4/h29,33-34H,2,5,7-28,30-32H2,1,3-4H3. The molecule has 40 heavy (non-hydrogen) atoms. The Morgan fingerprint density at radius 2 is 1.05 bits per heavy atom. The highest BCUT2D eigenvalue weighted by Gasteiger charge is 2.26. The third kappa shape index (κ3) is 24.3. The molecule has 0 aliphatic heterocycles. The summed E-state index contributed by atoms with van der Waals surface area (Å²) in [6.07, 6.45) is 33.2. The minimum atomic E-state index is -0.186. The van der Waals surface area contributed by atoms with Crippen molar-refractivity contribution in [3.63, 3.8) is 0 Å². The zero-order valence-electron chi connectivity index (χ0n) is 27.0. The third-order valence-electron chi connectivity index (χ3n) is 8.23. The molecule has 0 amide bonds. The van der Waals surface area contributed by atoms with Crippen molar-refractivity contribution in [2.75, 3.05) is 13.7 Å². The maximum atomic E-state index is 12.6. The molecule has 0 heterocycles. The predicted molar refractivity (Wildman–Crippen MR) is 170 cm³/mol. The van der Waals surface area contributed by atoms with Gasteiger partial charge in [0.25, 0.3) is 0 Å². The minimum absolute atomic E-state index is 0.0756. The number of carbonyl (C=O) groups excluding carboxylic acids is 2. The van der Waals surface area contributed by atoms with Crippen LogP contribution in [-0.4, -0.2) is 25.7 Å². The number of esters is 2. The van der Waals surface area contributed by atoms with E-state index in [0.29, 0.717) is 18.9 Å². The number of hydrogen-bond acceptors (Lipinski definition) is 4. The van der Waals surface area contributed by atoms with Gasteiger partial charge in [-0.2, -0.15) is 0 Å². The van der Waals surface area contributed by atoms with E-state index in [0.717, 1.165) is 25.7 Å². The lowest BCUT2D eigenvalue weighted by atomic mass is 9.83. The largest absolute Gasteiger partial charge is 0.469 e. The Labute approximate surface area is 249 Å². The first kappa shape index (κ1) is 38.5. The normalized spacial score (nSPS) is 12.5. The maximum absolute atomic E-state index is 12.6. The fourth-order valence-corrected chi connectivity index (χ4v) is 5.71. The number of unbranched alkanes of at least 4 members (excludes halogenated alkanes) is 20. The molecule has 0 radical (unpaired) electrons. The summed E-state index contributed by atoms with van der Waals surface area (Å²) in [5.41, 5.74) is 2.87. The SMILES string of the molecule is C=C=CC(C(=O)OCC)C(CCCCCC)CCCCCCCCCCCCCCCCCCCCC(=O)OC. The molecule has 0 bridgehead atoms. The molecule has 0 saturated carbocycles. The molecule has 0 aromatic rings. The van der Waals surface area contributed by atoms with Crippen LogP contribution in [0.2, 0.25) is 0 Å². The zero-order valence-corrected chi connectivity index (χ0v) is 27.0. The van der Waals surface area contributed by atoms with Crippen LogP contribution in [0.15, 0.2) is 18.4 Å². The summed E-state index contributed by atoms with van der Waals surface area (Å²) in [5, 5.41) is 0. The van der Waals surface area contributed by atoms with Gasteiger partial charge in [0.15, 0.2) is 0 Å². The van der Waals surface area contributed by atoms with Crippen molar-refractivity contribution in [2.45, 2.75) is 174 Å². The molecule has 0 fully saturated rings. The predicted octanol–water partition coefficient (Wildman–Crippen LogP) is 11.1. The van der Waals surface area contributed by atoms with Gasteiger partial charge in [0.05, 0.1) is 19.6 Å². The fourth-order valence-electron chi connectivity index (χ4n) is 5.71. The van der Waals surface area contributed by atoms with E-state index in [-0.39, 0.29) is 17.9 Å². The first-order valence-electron chi connectivity index (χ1n) is 17.2. The molecule has 0 aromatic carbocycles. The summed E-state index contributed by atoms with van der Waals surface area (Å²) in [6, 6.07) is 0. The Bertz CT molecular complexity index is 622.